The van der Waals surface area contributed by atoms with Crippen LogP contribution in [0.2, 0.25) is 0 Å². The van der Waals surface area contributed by atoms with Crippen molar-refractivity contribution in [2.24, 2.45) is 4.99 Å². The summed E-state index contributed by atoms with van der Waals surface area (Å²) in [5.41, 5.74) is -0.671. The minimum absolute atomic E-state index is 0.181. The average Bonchev–Trinajstić information content (AvgIpc) is 2.09. The third-order valence-corrected chi connectivity index (χ3v) is 1.39. The highest BCUT2D eigenvalue weighted by Crippen LogP contribution is 2.26. The Morgan fingerprint density at radius 1 is 1.50 bits per heavy atom. The number of alkyl halides is 3. The highest BCUT2D eigenvalue weighted by atomic mass is 19.4. The van der Waals surface area contributed by atoms with Crippen LogP contribution in [0.1, 0.15) is 0 Å². The van der Waals surface area contributed by atoms with Crippen LogP contribution >= 0.6 is 0 Å². The van der Waals surface area contributed by atoms with Crippen molar-refractivity contribution in [2.75, 3.05) is 20.1 Å². The minimum Gasteiger partial charge on any atom is -0.316 e. The minimum atomic E-state index is -4.31. The molecule has 0 bridgehead atoms. The second-order valence-corrected chi connectivity index (χ2v) is 2.52. The Morgan fingerprint density at radius 3 is 2.57 bits per heavy atom. The number of nitrogens with one attached hydrogen (secondary N) is 1. The van der Waals surface area contributed by atoms with E-state index in [9.17, 15) is 13.2 Å². The number of nitrogens with zero attached hydrogens (tertiary/aromatic N) is 1. The summed E-state index contributed by atoms with van der Waals surface area (Å²) in [5, 5.41) is 2.61. The summed E-state index contributed by atoms with van der Waals surface area (Å²) in [7, 11) is 1.58. The Kier molecular flexibility index (Phi) is 5.87. The van der Waals surface area contributed by atoms with Crippen molar-refractivity contribution < 1.29 is 13.2 Å². The molecule has 2 nitrogen and oxygen atoms in total. The Labute approximate surface area is 81.2 Å². The predicted molar refractivity (Wildman–Crippen MR) is 51.6 cm³/mol. The zero-order chi connectivity index (χ0) is 11.0. The number of hydrogen-bond acceptors (Lipinski definition) is 2. The van der Waals surface area contributed by atoms with Crippen LogP contribution in [0.15, 0.2) is 28.8 Å². The SMILES string of the molecule is C=NC/C=C\C(=C/CNC)C(F)(F)F. The topological polar surface area (TPSA) is 24.4 Å². The van der Waals surface area contributed by atoms with E-state index in [2.05, 4.69) is 17.0 Å². The van der Waals surface area contributed by atoms with Crippen LogP contribution in [-0.4, -0.2) is 33.0 Å². The van der Waals surface area contributed by atoms with E-state index in [-0.39, 0.29) is 13.1 Å². The van der Waals surface area contributed by atoms with Gasteiger partial charge in [-0.15, -0.1) is 0 Å². The number of aliphatic imine (C=N–C) groups is 1. The van der Waals surface area contributed by atoms with E-state index < -0.39 is 11.7 Å². The summed E-state index contributed by atoms with van der Waals surface area (Å²) in [6.07, 6.45) is -0.901. The van der Waals surface area contributed by atoms with Gasteiger partial charge in [-0.2, -0.15) is 13.2 Å². The number of hydrogen-bond donors (Lipinski definition) is 1. The highest BCUT2D eigenvalue weighted by molar-refractivity contribution is 5.27. The van der Waals surface area contributed by atoms with Gasteiger partial charge in [0.15, 0.2) is 0 Å². The van der Waals surface area contributed by atoms with Crippen LogP contribution in [0.3, 0.4) is 0 Å². The second-order valence-electron chi connectivity index (χ2n) is 2.52. The van der Waals surface area contributed by atoms with Gasteiger partial charge in [-0.25, -0.2) is 0 Å². The maximum atomic E-state index is 12.3. The molecule has 0 spiro atoms. The maximum absolute atomic E-state index is 12.3. The van der Waals surface area contributed by atoms with Gasteiger partial charge in [0.1, 0.15) is 0 Å². The normalized spacial score (nSPS) is 13.6. The zero-order valence-corrected chi connectivity index (χ0v) is 7.93. The Morgan fingerprint density at radius 2 is 2.14 bits per heavy atom. The lowest BCUT2D eigenvalue weighted by Crippen LogP contribution is -2.13. The van der Waals surface area contributed by atoms with Gasteiger partial charge in [-0.05, 0) is 13.8 Å². The van der Waals surface area contributed by atoms with Gasteiger partial charge in [0.2, 0.25) is 0 Å². The molecule has 0 aliphatic heterocycles. The first-order valence-corrected chi connectivity index (χ1v) is 4.03. The van der Waals surface area contributed by atoms with Crippen molar-refractivity contribution in [1.29, 1.82) is 0 Å². The van der Waals surface area contributed by atoms with Crippen LogP contribution in [0.4, 0.5) is 13.2 Å². The van der Waals surface area contributed by atoms with E-state index in [1.165, 1.54) is 6.08 Å². The van der Waals surface area contributed by atoms with Crippen molar-refractivity contribution in [2.45, 2.75) is 6.18 Å². The monoisotopic (exact) mass is 206 g/mol. The Bertz CT molecular complexity index is 229. The highest BCUT2D eigenvalue weighted by Gasteiger charge is 2.31. The smallest absolute Gasteiger partial charge is 0.316 e. The van der Waals surface area contributed by atoms with Crippen molar-refractivity contribution in [3.63, 3.8) is 0 Å². The van der Waals surface area contributed by atoms with E-state index in [1.54, 1.807) is 7.05 Å². The fourth-order valence-electron chi connectivity index (χ4n) is 0.744. The molecule has 0 fully saturated rings. The van der Waals surface area contributed by atoms with Crippen LogP contribution in [0.25, 0.3) is 0 Å². The summed E-state index contributed by atoms with van der Waals surface area (Å²) in [5.74, 6) is 0. The number of likely N-dealkylation sites (N-methyl/N-ethyl adjacent to an activating group) is 1. The van der Waals surface area contributed by atoms with Crippen LogP contribution in [-0.2, 0) is 0 Å². The van der Waals surface area contributed by atoms with Gasteiger partial charge in [0.05, 0.1) is 12.1 Å². The second kappa shape index (κ2) is 6.37. The van der Waals surface area contributed by atoms with E-state index >= 15 is 0 Å². The molecule has 0 saturated heterocycles. The van der Waals surface area contributed by atoms with Crippen molar-refractivity contribution in [3.8, 4) is 0 Å². The lowest BCUT2D eigenvalue weighted by Gasteiger charge is -2.07. The lowest BCUT2D eigenvalue weighted by atomic mass is 10.2. The van der Waals surface area contributed by atoms with Gasteiger partial charge in [0, 0.05) is 6.54 Å². The molecule has 0 saturated carbocycles. The van der Waals surface area contributed by atoms with Gasteiger partial charge < -0.3 is 5.32 Å². The molecule has 0 atom stereocenters. The third-order valence-electron chi connectivity index (χ3n) is 1.39. The molecule has 0 aromatic carbocycles. The molecular formula is C9H13F3N2. The summed E-state index contributed by atoms with van der Waals surface area (Å²) < 4.78 is 36.8. The molecule has 0 aliphatic rings. The third kappa shape index (κ3) is 5.53. The lowest BCUT2D eigenvalue weighted by molar-refractivity contribution is -0.0883. The molecule has 0 amide bonds. The van der Waals surface area contributed by atoms with E-state index in [0.29, 0.717) is 0 Å². The first kappa shape index (κ1) is 12.9. The molecule has 0 heterocycles. The van der Waals surface area contributed by atoms with Gasteiger partial charge in [0.25, 0.3) is 0 Å². The number of rotatable bonds is 5. The molecule has 0 rings (SSSR count). The number of allylic oxidation sites excluding steroid dienone is 2. The van der Waals surface area contributed by atoms with E-state index in [1.807, 2.05) is 0 Å². The molecule has 1 N–H and O–H groups in total. The summed E-state index contributed by atoms with van der Waals surface area (Å²) in [6, 6.07) is 0. The summed E-state index contributed by atoms with van der Waals surface area (Å²) in [4.78, 5) is 3.42. The molecular weight excluding hydrogens is 193 g/mol. The van der Waals surface area contributed by atoms with E-state index in [0.717, 1.165) is 12.2 Å². The van der Waals surface area contributed by atoms with Gasteiger partial charge in [-0.3, -0.25) is 4.99 Å². The Hall–Kier alpha value is -1.10. The largest absolute Gasteiger partial charge is 0.416 e. The molecule has 80 valence electrons. The fourth-order valence-corrected chi connectivity index (χ4v) is 0.744. The molecule has 0 aromatic heterocycles. The zero-order valence-electron chi connectivity index (χ0n) is 7.93. The summed E-state index contributed by atoms with van der Waals surface area (Å²) >= 11 is 0. The van der Waals surface area contributed by atoms with Crippen molar-refractivity contribution in [3.05, 3.63) is 23.8 Å². The quantitative estimate of drug-likeness (QED) is 0.539. The standard InChI is InChI=1S/C9H13F3N2/c1-13-6-3-4-8(5-7-14-2)9(10,11)12/h3-5,14H,1,6-7H2,2H3/b4-3-,8-5+. The molecule has 0 aliphatic carbocycles. The van der Waals surface area contributed by atoms with Gasteiger partial charge >= 0.3 is 6.18 Å². The molecule has 5 heteroatoms. The Balaban J connectivity index is 4.48. The predicted octanol–water partition coefficient (Wildman–Crippen LogP) is 1.95. The van der Waals surface area contributed by atoms with Crippen molar-refractivity contribution in [1.82, 2.24) is 5.32 Å². The molecule has 0 aromatic rings. The molecule has 14 heavy (non-hydrogen) atoms. The summed E-state index contributed by atoms with van der Waals surface area (Å²) in [6.45, 7) is 3.54. The van der Waals surface area contributed by atoms with Crippen molar-refractivity contribution >= 4 is 6.72 Å². The fraction of sp³-hybridized carbons (Fsp3) is 0.444. The maximum Gasteiger partial charge on any atom is 0.416 e. The first-order chi connectivity index (χ1) is 6.52. The van der Waals surface area contributed by atoms with Crippen LogP contribution in [0.5, 0.6) is 0 Å². The molecule has 0 unspecified atom stereocenters. The number of halogens is 3. The first-order valence-electron chi connectivity index (χ1n) is 4.03. The molecule has 0 radical (unpaired) electrons. The van der Waals surface area contributed by atoms with Crippen LogP contribution in [0, 0.1) is 0 Å². The van der Waals surface area contributed by atoms with Gasteiger partial charge in [-0.1, -0.05) is 18.2 Å². The van der Waals surface area contributed by atoms with E-state index in [4.69, 9.17) is 0 Å². The average molecular weight is 206 g/mol. The van der Waals surface area contributed by atoms with Crippen LogP contribution < -0.4 is 5.32 Å².